The van der Waals surface area contributed by atoms with Crippen LogP contribution in [0.5, 0.6) is 11.5 Å². The van der Waals surface area contributed by atoms with Crippen molar-refractivity contribution in [3.05, 3.63) is 95.2 Å². The van der Waals surface area contributed by atoms with Gasteiger partial charge in [0.2, 0.25) is 11.8 Å². The topological polar surface area (TPSA) is 174 Å². The van der Waals surface area contributed by atoms with Gasteiger partial charge in [0.05, 0.1) is 34.9 Å². The number of nitrogens with one attached hydrogen (secondary N) is 2. The fraction of sp³-hybridized carbons (Fsp3) is 0.400. The van der Waals surface area contributed by atoms with Gasteiger partial charge < -0.3 is 19.7 Å². The molecule has 59 heavy (non-hydrogen) atoms. The first kappa shape index (κ1) is 39.5. The first-order chi connectivity index (χ1) is 28.7. The molecule has 3 aromatic carbocycles. The van der Waals surface area contributed by atoms with Crippen LogP contribution in [0.25, 0.3) is 10.9 Å². The quantitative estimate of drug-likeness (QED) is 0.138. The molecule has 0 bridgehead atoms. The molecule has 1 aliphatic carbocycles. The summed E-state index contributed by atoms with van der Waals surface area (Å²) in [6.07, 6.45) is 8.20. The van der Waals surface area contributed by atoms with Crippen molar-refractivity contribution in [1.29, 1.82) is 5.26 Å². The zero-order chi connectivity index (χ0) is 40.9. The van der Waals surface area contributed by atoms with Crippen molar-refractivity contribution in [3.63, 3.8) is 0 Å². The summed E-state index contributed by atoms with van der Waals surface area (Å²) < 4.78 is 12.3. The largest absolute Gasteiger partial charge is 0.494 e. The predicted octanol–water partition coefficient (Wildman–Crippen LogP) is 5.00. The molecule has 1 atom stereocenters. The summed E-state index contributed by atoms with van der Waals surface area (Å²) in [5.74, 6) is -0.615. The number of rotatable bonds is 13. The van der Waals surface area contributed by atoms with Crippen LogP contribution in [0.4, 0.5) is 5.69 Å². The number of fused-ring (bicyclic) bond motifs is 2. The highest BCUT2D eigenvalue weighted by molar-refractivity contribution is 6.23. The maximum absolute atomic E-state index is 13.3. The number of nitrogens with zero attached hydrogens (tertiary/aromatic N) is 5. The zero-order valence-electron chi connectivity index (χ0n) is 32.9. The molecule has 0 spiro atoms. The molecule has 8 rings (SSSR count). The number of unbranched alkanes of at least 4 members (excludes halogenated alkanes) is 2. The Morgan fingerprint density at radius 2 is 1.64 bits per heavy atom. The van der Waals surface area contributed by atoms with Gasteiger partial charge in [0.15, 0.2) is 0 Å². The molecule has 5 amide bonds. The second kappa shape index (κ2) is 17.7. The smallest absolute Gasteiger partial charge is 0.262 e. The molecule has 1 unspecified atom stereocenters. The fourth-order valence-electron chi connectivity index (χ4n) is 8.50. The summed E-state index contributed by atoms with van der Waals surface area (Å²) in [6.45, 7) is 4.93. The Labute approximate surface area is 342 Å². The monoisotopic (exact) mass is 797 g/mol. The molecule has 3 aliphatic heterocycles. The highest BCUT2D eigenvalue weighted by atomic mass is 16.5. The van der Waals surface area contributed by atoms with Crippen molar-refractivity contribution in [3.8, 4) is 17.6 Å². The van der Waals surface area contributed by atoms with Gasteiger partial charge in [-0.05, 0) is 125 Å². The molecule has 2 N–H and O–H groups in total. The third kappa shape index (κ3) is 8.75. The van der Waals surface area contributed by atoms with Crippen LogP contribution in [-0.4, -0.2) is 102 Å². The van der Waals surface area contributed by atoms with Crippen molar-refractivity contribution in [2.45, 2.75) is 76.0 Å². The number of hydrogen-bond donors (Lipinski definition) is 2. The van der Waals surface area contributed by atoms with Gasteiger partial charge in [-0.25, -0.2) is 0 Å². The van der Waals surface area contributed by atoms with E-state index in [0.717, 1.165) is 105 Å². The Morgan fingerprint density at radius 1 is 0.864 bits per heavy atom. The number of carbonyl (C=O) groups is 5. The number of amides is 5. The first-order valence-electron chi connectivity index (χ1n) is 20.6. The fourth-order valence-corrected chi connectivity index (χ4v) is 8.50. The Bertz CT molecular complexity index is 2290. The molecule has 2 saturated heterocycles. The van der Waals surface area contributed by atoms with Crippen molar-refractivity contribution in [2.24, 2.45) is 0 Å². The van der Waals surface area contributed by atoms with Gasteiger partial charge in [0.25, 0.3) is 17.7 Å². The Balaban J connectivity index is 0.704. The third-order valence-electron chi connectivity index (χ3n) is 11.8. The van der Waals surface area contributed by atoms with E-state index in [0.29, 0.717) is 28.8 Å². The van der Waals surface area contributed by atoms with Gasteiger partial charge in [-0.1, -0.05) is 0 Å². The summed E-state index contributed by atoms with van der Waals surface area (Å²) in [6, 6.07) is 21.2. The van der Waals surface area contributed by atoms with Gasteiger partial charge >= 0.3 is 0 Å². The number of nitriles is 1. The maximum Gasteiger partial charge on any atom is 0.262 e. The molecule has 0 radical (unpaired) electrons. The highest BCUT2D eigenvalue weighted by Gasteiger charge is 2.44. The van der Waals surface area contributed by atoms with Gasteiger partial charge in [0, 0.05) is 61.5 Å². The van der Waals surface area contributed by atoms with Crippen molar-refractivity contribution in [2.75, 3.05) is 44.2 Å². The van der Waals surface area contributed by atoms with Crippen LogP contribution >= 0.6 is 0 Å². The van der Waals surface area contributed by atoms with Crippen LogP contribution in [-0.2, 0) is 9.59 Å². The molecule has 14 nitrogen and oxygen atoms in total. The molecule has 14 heteroatoms. The Kier molecular flexibility index (Phi) is 11.8. The minimum absolute atomic E-state index is 0.0316. The number of aromatic nitrogens is 1. The highest BCUT2D eigenvalue weighted by Crippen LogP contribution is 2.33. The number of ether oxygens (including phenoxy) is 2. The molecule has 304 valence electrons. The van der Waals surface area contributed by atoms with Crippen molar-refractivity contribution < 1.29 is 33.4 Å². The van der Waals surface area contributed by atoms with Crippen LogP contribution in [0.2, 0.25) is 0 Å². The zero-order valence-corrected chi connectivity index (χ0v) is 32.9. The van der Waals surface area contributed by atoms with Crippen LogP contribution in [0.3, 0.4) is 0 Å². The normalized spacial score (nSPS) is 20.9. The van der Waals surface area contributed by atoms with Gasteiger partial charge in [0.1, 0.15) is 23.6 Å². The molecule has 3 fully saturated rings. The summed E-state index contributed by atoms with van der Waals surface area (Å²) in [5, 5.41) is 15.7. The molecule has 4 aromatic rings. The summed E-state index contributed by atoms with van der Waals surface area (Å²) in [7, 11) is 0. The van der Waals surface area contributed by atoms with E-state index in [9.17, 15) is 29.2 Å². The number of hydrogen-bond acceptors (Lipinski definition) is 11. The average Bonchev–Trinajstić information content (AvgIpc) is 3.51. The number of piperidine rings is 1. The van der Waals surface area contributed by atoms with Crippen LogP contribution in [0.1, 0.15) is 94.4 Å². The molecule has 4 aliphatic rings. The van der Waals surface area contributed by atoms with E-state index in [1.807, 2.05) is 36.4 Å². The maximum atomic E-state index is 13.3. The van der Waals surface area contributed by atoms with E-state index in [-0.39, 0.29) is 36.5 Å². The van der Waals surface area contributed by atoms with E-state index in [2.05, 4.69) is 31.5 Å². The lowest BCUT2D eigenvalue weighted by Gasteiger charge is -2.36. The summed E-state index contributed by atoms with van der Waals surface area (Å²) in [5.41, 5.74) is 3.23. The number of imide groups is 2. The van der Waals surface area contributed by atoms with Gasteiger partial charge in [-0.3, -0.25) is 44.1 Å². The van der Waals surface area contributed by atoms with Crippen LogP contribution in [0.15, 0.2) is 72.9 Å². The van der Waals surface area contributed by atoms with E-state index < -0.39 is 29.7 Å². The third-order valence-corrected chi connectivity index (χ3v) is 11.8. The van der Waals surface area contributed by atoms with Crippen LogP contribution in [0, 0.1) is 11.3 Å². The minimum atomic E-state index is -0.973. The molecular formula is C45H47N7O7. The second-order valence-corrected chi connectivity index (χ2v) is 15.6. The number of pyridine rings is 1. The summed E-state index contributed by atoms with van der Waals surface area (Å²) >= 11 is 0. The first-order valence-corrected chi connectivity index (χ1v) is 20.6. The van der Waals surface area contributed by atoms with E-state index in [1.54, 1.807) is 36.5 Å². The van der Waals surface area contributed by atoms with E-state index in [4.69, 9.17) is 9.47 Å². The Morgan fingerprint density at radius 3 is 2.41 bits per heavy atom. The number of benzene rings is 3. The molecular weight excluding hydrogens is 751 g/mol. The SMILES string of the molecule is N#Cc1ccc(O[C@H]2CC[C@H](NC(=O)c3ccc(OCCCCCN4CCN(c5ccc6c(c5)C(=O)N(C5CCC(=O)NC5=O)C6=O)CC4)cc3)CC2)c2cccnc12. The summed E-state index contributed by atoms with van der Waals surface area (Å²) in [4.78, 5) is 73.3. The second-order valence-electron chi connectivity index (χ2n) is 15.6. The minimum Gasteiger partial charge on any atom is -0.494 e. The number of piperazine rings is 1. The van der Waals surface area contributed by atoms with Gasteiger partial charge in [-0.15, -0.1) is 0 Å². The standard InChI is InChI=1S/C45H47N7O7/c46-28-30-8-18-39(36-5-4-20-47-41(30)36)59-34-14-9-31(10-15-34)48-42(54)29-6-12-33(13-7-29)58-26-3-1-2-21-50-22-24-51(25-23-50)32-11-16-35-37(27-32)45(57)52(44(35)56)38-17-19-40(53)49-43(38)55/h4-8,11-13,16,18,20,27,31,34,38H,1-3,9-10,14-15,17,19,21-26H2,(H,48,54)(H,49,53,55)/t31-,34-,38?. The number of anilines is 1. The predicted molar refractivity (Wildman–Crippen MR) is 218 cm³/mol. The van der Waals surface area contributed by atoms with Gasteiger partial charge in [-0.2, -0.15) is 5.26 Å². The lowest BCUT2D eigenvalue weighted by molar-refractivity contribution is -0.136. The van der Waals surface area contributed by atoms with Crippen LogP contribution < -0.4 is 25.0 Å². The van der Waals surface area contributed by atoms with Crippen molar-refractivity contribution in [1.82, 2.24) is 25.4 Å². The average molecular weight is 798 g/mol. The van der Waals surface area contributed by atoms with E-state index >= 15 is 0 Å². The molecule has 4 heterocycles. The lowest BCUT2D eigenvalue weighted by atomic mass is 9.92. The lowest BCUT2D eigenvalue weighted by Crippen LogP contribution is -2.54. The van der Waals surface area contributed by atoms with E-state index in [1.165, 1.54) is 0 Å². The Hall–Kier alpha value is -6.33. The molecule has 1 saturated carbocycles. The number of carbonyl (C=O) groups excluding carboxylic acids is 5. The van der Waals surface area contributed by atoms with Crippen molar-refractivity contribution >= 4 is 46.1 Å². The molecule has 1 aromatic heterocycles.